The van der Waals surface area contributed by atoms with E-state index in [1.165, 1.54) is 25.3 Å². The molecule has 0 bridgehead atoms. The maximum atomic E-state index is 15.2. The number of nitrogens with zero attached hydrogens (tertiary/aromatic N) is 5. The number of anilines is 2. The van der Waals surface area contributed by atoms with E-state index in [1.807, 2.05) is 19.9 Å². The van der Waals surface area contributed by atoms with E-state index < -0.39 is 5.82 Å². The number of rotatable bonds is 6. The van der Waals surface area contributed by atoms with Gasteiger partial charge < -0.3 is 15.2 Å². The van der Waals surface area contributed by atoms with E-state index in [0.29, 0.717) is 51.3 Å². The number of aromatic amines is 2. The lowest BCUT2D eigenvalue weighted by Gasteiger charge is -2.28. The third kappa shape index (κ3) is 4.57. The third-order valence-electron chi connectivity index (χ3n) is 6.87. The number of aromatic nitrogens is 6. The van der Waals surface area contributed by atoms with Crippen molar-refractivity contribution < 1.29 is 9.18 Å². The van der Waals surface area contributed by atoms with Crippen LogP contribution in [0.1, 0.15) is 39.5 Å². The highest BCUT2D eigenvalue weighted by Crippen LogP contribution is 2.34. The van der Waals surface area contributed by atoms with Crippen LogP contribution in [0.2, 0.25) is 0 Å². The van der Waals surface area contributed by atoms with Crippen molar-refractivity contribution in [1.82, 2.24) is 30.1 Å². The molecule has 5 heterocycles. The predicted molar refractivity (Wildman–Crippen MR) is 146 cm³/mol. The van der Waals surface area contributed by atoms with Gasteiger partial charge in [-0.15, -0.1) is 0 Å². The van der Waals surface area contributed by atoms with E-state index in [4.69, 9.17) is 4.98 Å². The Kier molecular flexibility index (Phi) is 6.22. The zero-order chi connectivity index (χ0) is 26.2. The summed E-state index contributed by atoms with van der Waals surface area (Å²) in [6.45, 7) is 5.97. The first-order chi connectivity index (χ1) is 18.5. The Balaban J connectivity index is 1.38. The van der Waals surface area contributed by atoms with Crippen LogP contribution >= 0.6 is 0 Å². The summed E-state index contributed by atoms with van der Waals surface area (Å²) in [5, 5.41) is 11.0. The molecule has 0 unspecified atom stereocenters. The van der Waals surface area contributed by atoms with Gasteiger partial charge in [-0.1, -0.05) is 13.8 Å². The van der Waals surface area contributed by atoms with Gasteiger partial charge in [-0.3, -0.25) is 14.9 Å². The van der Waals surface area contributed by atoms with E-state index in [9.17, 15) is 4.79 Å². The second-order valence-corrected chi connectivity index (χ2v) is 10.2. The predicted octanol–water partition coefficient (Wildman–Crippen LogP) is 5.68. The minimum Gasteiger partial charge on any atom is -0.370 e. The number of amides is 1. The second-order valence-electron chi connectivity index (χ2n) is 10.2. The molecule has 1 aromatic carbocycles. The monoisotopic (exact) mass is 512 g/mol. The van der Waals surface area contributed by atoms with Crippen molar-refractivity contribution in [1.29, 1.82) is 0 Å². The molecule has 1 fully saturated rings. The first-order valence-corrected chi connectivity index (χ1v) is 13.0. The summed E-state index contributed by atoms with van der Waals surface area (Å²) in [6, 6.07) is 6.91. The number of pyridine rings is 2. The van der Waals surface area contributed by atoms with Crippen LogP contribution in [0.5, 0.6) is 0 Å². The summed E-state index contributed by atoms with van der Waals surface area (Å²) >= 11 is 0. The fourth-order valence-electron chi connectivity index (χ4n) is 5.09. The number of halogens is 1. The van der Waals surface area contributed by atoms with Gasteiger partial charge in [0.1, 0.15) is 17.0 Å². The fourth-order valence-corrected chi connectivity index (χ4v) is 5.09. The van der Waals surface area contributed by atoms with Crippen LogP contribution in [0.3, 0.4) is 0 Å². The minimum absolute atomic E-state index is 0.102. The van der Waals surface area contributed by atoms with E-state index >= 15 is 4.39 Å². The number of hydrogen-bond donors (Lipinski definition) is 3. The van der Waals surface area contributed by atoms with E-state index in [0.717, 1.165) is 24.3 Å². The first kappa shape index (κ1) is 24.0. The molecule has 1 aliphatic heterocycles. The molecule has 0 atom stereocenters. The molecular formula is C28H29FN8O. The van der Waals surface area contributed by atoms with Crippen LogP contribution in [0.25, 0.3) is 44.7 Å². The Hall–Kier alpha value is -4.34. The molecule has 194 valence electrons. The highest BCUT2D eigenvalue weighted by molar-refractivity contribution is 5.97. The van der Waals surface area contributed by atoms with Gasteiger partial charge in [0.05, 0.1) is 23.1 Å². The Morgan fingerprint density at radius 1 is 1.16 bits per heavy atom. The highest BCUT2D eigenvalue weighted by atomic mass is 19.1. The van der Waals surface area contributed by atoms with Crippen molar-refractivity contribution in [2.45, 2.75) is 39.5 Å². The van der Waals surface area contributed by atoms with Crippen molar-refractivity contribution in [3.8, 4) is 22.6 Å². The van der Waals surface area contributed by atoms with Crippen LogP contribution in [-0.2, 0) is 4.79 Å². The number of imidazole rings is 1. The average Bonchev–Trinajstić information content (AvgIpc) is 3.52. The molecule has 4 aromatic heterocycles. The maximum Gasteiger partial charge on any atom is 0.224 e. The van der Waals surface area contributed by atoms with Gasteiger partial charge in [-0.25, -0.2) is 14.4 Å². The third-order valence-corrected chi connectivity index (χ3v) is 6.87. The minimum atomic E-state index is -0.418. The molecule has 38 heavy (non-hydrogen) atoms. The Morgan fingerprint density at radius 2 is 2.00 bits per heavy atom. The molecule has 5 aromatic rings. The standard InChI is InChI=1S/C28H29FN8O/c1-16(2)10-24(38)32-18-11-17(14-30-15-18)19-12-20-22(13-21(19)29)35-36-25(20)28-33-26-23(6-7-31-27(26)34-28)37-8-4-3-5-9-37/h6-7,11-16H,3-5,8-10H2,1-2H3,(H,32,38)(H,35,36)(H,31,33,34). The summed E-state index contributed by atoms with van der Waals surface area (Å²) in [6.07, 6.45) is 8.91. The Bertz CT molecular complexity index is 1630. The Morgan fingerprint density at radius 3 is 2.82 bits per heavy atom. The zero-order valence-corrected chi connectivity index (χ0v) is 21.4. The summed E-state index contributed by atoms with van der Waals surface area (Å²) in [5.74, 6) is 0.275. The number of fused-ring (bicyclic) bond motifs is 2. The second kappa shape index (κ2) is 9.85. The molecular weight excluding hydrogens is 483 g/mol. The van der Waals surface area contributed by atoms with Gasteiger partial charge in [0.15, 0.2) is 11.5 Å². The molecule has 0 spiro atoms. The van der Waals surface area contributed by atoms with E-state index in [-0.39, 0.29) is 11.8 Å². The summed E-state index contributed by atoms with van der Waals surface area (Å²) in [5.41, 5.74) is 5.15. The molecule has 0 saturated carbocycles. The molecule has 1 amide bonds. The van der Waals surface area contributed by atoms with Gasteiger partial charge in [0.2, 0.25) is 5.91 Å². The number of hydrogen-bond acceptors (Lipinski definition) is 6. The Labute approximate surface area is 218 Å². The van der Waals surface area contributed by atoms with Gasteiger partial charge in [-0.2, -0.15) is 5.10 Å². The first-order valence-electron chi connectivity index (χ1n) is 13.0. The lowest BCUT2D eigenvalue weighted by Crippen LogP contribution is -2.29. The quantitative estimate of drug-likeness (QED) is 0.270. The fraction of sp³-hybridized carbons (Fsp3) is 0.321. The number of benzene rings is 1. The molecule has 0 aliphatic carbocycles. The van der Waals surface area contributed by atoms with E-state index in [1.54, 1.807) is 30.7 Å². The van der Waals surface area contributed by atoms with Crippen molar-refractivity contribution >= 4 is 39.3 Å². The zero-order valence-electron chi connectivity index (χ0n) is 21.4. The lowest BCUT2D eigenvalue weighted by atomic mass is 10.0. The van der Waals surface area contributed by atoms with Crippen LogP contribution < -0.4 is 10.2 Å². The molecule has 9 nitrogen and oxygen atoms in total. The van der Waals surface area contributed by atoms with E-state index in [2.05, 4.69) is 35.4 Å². The SMILES string of the molecule is CC(C)CC(=O)Nc1cncc(-c2cc3c(-c4nc5nccc(N6CCCCC6)c5[nH]4)n[nH]c3cc2F)c1. The number of H-pyrrole nitrogens is 2. The molecule has 1 aliphatic rings. The van der Waals surface area contributed by atoms with Crippen LogP contribution in [0, 0.1) is 11.7 Å². The van der Waals surface area contributed by atoms with Gasteiger partial charge >= 0.3 is 0 Å². The van der Waals surface area contributed by atoms with Crippen LogP contribution in [0.15, 0.2) is 42.9 Å². The molecule has 6 rings (SSSR count). The summed E-state index contributed by atoms with van der Waals surface area (Å²) in [4.78, 5) is 31.4. The number of carbonyl (C=O) groups is 1. The smallest absolute Gasteiger partial charge is 0.224 e. The normalized spacial score (nSPS) is 14.1. The largest absolute Gasteiger partial charge is 0.370 e. The van der Waals surface area contributed by atoms with Crippen molar-refractivity contribution in [3.63, 3.8) is 0 Å². The van der Waals surface area contributed by atoms with Crippen molar-refractivity contribution in [2.24, 2.45) is 5.92 Å². The van der Waals surface area contributed by atoms with Crippen molar-refractivity contribution in [3.05, 3.63) is 48.7 Å². The van der Waals surface area contributed by atoms with Crippen molar-refractivity contribution in [2.75, 3.05) is 23.3 Å². The lowest BCUT2D eigenvalue weighted by molar-refractivity contribution is -0.116. The maximum absolute atomic E-state index is 15.2. The number of piperidine rings is 1. The molecule has 3 N–H and O–H groups in total. The molecule has 10 heteroatoms. The van der Waals surface area contributed by atoms with Gasteiger partial charge in [0.25, 0.3) is 0 Å². The average molecular weight is 513 g/mol. The molecule has 0 radical (unpaired) electrons. The van der Waals surface area contributed by atoms with Crippen LogP contribution in [-0.4, -0.2) is 49.1 Å². The van der Waals surface area contributed by atoms with Crippen LogP contribution in [0.4, 0.5) is 15.8 Å². The summed E-state index contributed by atoms with van der Waals surface area (Å²) in [7, 11) is 0. The summed E-state index contributed by atoms with van der Waals surface area (Å²) < 4.78 is 15.2. The molecule has 1 saturated heterocycles. The topological polar surface area (TPSA) is 115 Å². The number of nitrogens with one attached hydrogen (secondary N) is 3. The highest BCUT2D eigenvalue weighted by Gasteiger charge is 2.20. The van der Waals surface area contributed by atoms with Gasteiger partial charge in [0, 0.05) is 54.5 Å². The van der Waals surface area contributed by atoms with Gasteiger partial charge in [-0.05, 0) is 43.4 Å². The number of carbonyl (C=O) groups excluding carboxylic acids is 1.